The zero-order valence-corrected chi connectivity index (χ0v) is 56.2. The van der Waals surface area contributed by atoms with Crippen LogP contribution < -0.4 is 35.6 Å². The predicted molar refractivity (Wildman–Crippen MR) is 354 cm³/mol. The lowest BCUT2D eigenvalue weighted by atomic mass is 9.95. The van der Waals surface area contributed by atoms with Crippen molar-refractivity contribution in [3.05, 3.63) is 107 Å². The zero-order chi connectivity index (χ0) is 69.0. The van der Waals surface area contributed by atoms with Crippen LogP contribution >= 0.6 is 0 Å². The monoisotopic (exact) mass is 1340 g/mol. The van der Waals surface area contributed by atoms with Crippen LogP contribution in [-0.2, 0) is 78.0 Å². The fourth-order valence-corrected chi connectivity index (χ4v) is 10.3. The average molecular weight is 1340 g/mol. The molecule has 0 spiro atoms. The number of nitrogens with one attached hydrogen (secondary N) is 4. The molecular formula is C69H97N7O20. The van der Waals surface area contributed by atoms with Crippen LogP contribution in [0.15, 0.2) is 96.3 Å². The van der Waals surface area contributed by atoms with Crippen LogP contribution in [0.5, 0.6) is 11.5 Å². The molecule has 27 nitrogen and oxygen atoms in total. The lowest BCUT2D eigenvalue weighted by Gasteiger charge is -2.31. The number of unbranched alkanes of at least 4 members (excludes halogenated alkanes) is 2. The molecule has 1 saturated heterocycles. The number of aliphatic hydroxyl groups excluding tert-OH is 1. The van der Waals surface area contributed by atoms with E-state index >= 15 is 0 Å². The van der Waals surface area contributed by atoms with Gasteiger partial charge in [0.25, 0.3) is 5.91 Å². The number of carbonyl (C=O) groups excluding carboxylic acids is 8. The van der Waals surface area contributed by atoms with Crippen molar-refractivity contribution in [3.63, 3.8) is 0 Å². The smallest absolute Gasteiger partial charge is 0.416 e. The van der Waals surface area contributed by atoms with Gasteiger partial charge in [-0.05, 0) is 61.9 Å². The summed E-state index contributed by atoms with van der Waals surface area (Å²) in [6.07, 6.45) is 15.4. The van der Waals surface area contributed by atoms with E-state index in [1.165, 1.54) is 36.0 Å². The number of amides is 8. The summed E-state index contributed by atoms with van der Waals surface area (Å²) < 4.78 is 61.6. The Morgan fingerprint density at radius 1 is 0.656 bits per heavy atom. The minimum absolute atomic E-state index is 0.00131. The van der Waals surface area contributed by atoms with Crippen molar-refractivity contribution in [2.75, 3.05) is 143 Å². The van der Waals surface area contributed by atoms with Crippen molar-refractivity contribution in [2.45, 2.75) is 111 Å². The third kappa shape index (κ3) is 25.6. The lowest BCUT2D eigenvalue weighted by Crippen LogP contribution is -2.53. The van der Waals surface area contributed by atoms with Gasteiger partial charge in [-0.15, -0.1) is 0 Å². The van der Waals surface area contributed by atoms with E-state index in [2.05, 4.69) is 28.2 Å². The Morgan fingerprint density at radius 2 is 1.25 bits per heavy atom. The Morgan fingerprint density at radius 3 is 1.85 bits per heavy atom. The molecule has 0 bridgehead atoms. The van der Waals surface area contributed by atoms with Crippen molar-refractivity contribution < 1.29 is 95.6 Å². The summed E-state index contributed by atoms with van der Waals surface area (Å²) in [5, 5.41) is 22.7. The average Bonchev–Trinajstić information content (AvgIpc) is 1.58. The van der Waals surface area contributed by atoms with Crippen molar-refractivity contribution in [3.8, 4) is 11.5 Å². The number of anilines is 2. The minimum Gasteiger partial charge on any atom is -0.493 e. The fraction of sp³-hybridized carbons (Fsp3) is 0.565. The number of methoxy groups -OCH3 is 1. The second kappa shape index (κ2) is 42.6. The number of ether oxygens (including phenoxy) is 11. The molecule has 5 atom stereocenters. The SMILES string of the molecule is CCCCCOc1cc2c(cc1OC)C(=O)N1C=C(C)C[C@H]1[C@H](O)N2C(=O)OCc1ccc(NC(=O)[C@H](C)NC(=O)[C@@H](NC(=O)CCOCCOCCOCCOCCOCCOCCOCCOCCNC(=O)CCN2C(=O)CC(C3=C/C=C\C=C/C=C\3)C2=O)C(C)C)cc1. The molecule has 4 aliphatic rings. The highest BCUT2D eigenvalue weighted by atomic mass is 16.6. The summed E-state index contributed by atoms with van der Waals surface area (Å²) in [6.45, 7) is 15.0. The summed E-state index contributed by atoms with van der Waals surface area (Å²) in [7, 11) is 1.46. The molecule has 2 aromatic carbocycles. The number of rotatable bonds is 45. The first-order chi connectivity index (χ1) is 46.5. The maximum atomic E-state index is 14.0. The van der Waals surface area contributed by atoms with Gasteiger partial charge >= 0.3 is 6.09 Å². The fourth-order valence-electron chi connectivity index (χ4n) is 10.3. The Bertz CT molecular complexity index is 3010. The number of aliphatic hydroxyl groups is 1. The molecule has 0 aromatic heterocycles. The molecule has 6 rings (SSSR count). The van der Waals surface area contributed by atoms with Gasteiger partial charge in [0.1, 0.15) is 18.7 Å². The quantitative estimate of drug-likeness (QED) is 0.0406. The first-order valence-electron chi connectivity index (χ1n) is 32.9. The molecule has 0 saturated carbocycles. The Labute approximate surface area is 562 Å². The molecule has 2 aromatic rings. The van der Waals surface area contributed by atoms with E-state index in [0.717, 1.165) is 35.3 Å². The third-order valence-corrected chi connectivity index (χ3v) is 15.5. The predicted octanol–water partition coefficient (Wildman–Crippen LogP) is 5.45. The van der Waals surface area contributed by atoms with Gasteiger partial charge in [0, 0.05) is 50.3 Å². The molecule has 0 radical (unpaired) electrons. The summed E-state index contributed by atoms with van der Waals surface area (Å²) >= 11 is 0. The molecule has 3 aliphatic heterocycles. The molecule has 3 heterocycles. The molecule has 8 amide bonds. The Hall–Kier alpha value is -7.86. The number of hydrogen-bond acceptors (Lipinski definition) is 20. The first-order valence-corrected chi connectivity index (χ1v) is 32.9. The zero-order valence-electron chi connectivity index (χ0n) is 56.2. The number of nitrogens with zero attached hydrogens (tertiary/aromatic N) is 3. The van der Waals surface area contributed by atoms with Crippen LogP contribution in [0.3, 0.4) is 0 Å². The van der Waals surface area contributed by atoms with Gasteiger partial charge in [-0.25, -0.2) is 9.69 Å². The van der Waals surface area contributed by atoms with Crippen molar-refractivity contribution in [1.82, 2.24) is 25.8 Å². The van der Waals surface area contributed by atoms with E-state index in [9.17, 15) is 43.5 Å². The normalized spacial score (nSPS) is 18.8. The summed E-state index contributed by atoms with van der Waals surface area (Å²) in [5.74, 6) is -2.92. The maximum Gasteiger partial charge on any atom is 0.416 e. The van der Waals surface area contributed by atoms with Crippen molar-refractivity contribution in [1.29, 1.82) is 0 Å². The summed E-state index contributed by atoms with van der Waals surface area (Å²) in [5.41, 5.74) is 2.84. The van der Waals surface area contributed by atoms with Gasteiger partial charge < -0.3 is 83.4 Å². The van der Waals surface area contributed by atoms with Crippen LogP contribution in [0.2, 0.25) is 0 Å². The highest BCUT2D eigenvalue weighted by molar-refractivity contribution is 6.07. The van der Waals surface area contributed by atoms with Crippen molar-refractivity contribution in [2.24, 2.45) is 11.8 Å². The van der Waals surface area contributed by atoms with E-state index in [1.54, 1.807) is 44.3 Å². The third-order valence-electron chi connectivity index (χ3n) is 15.5. The number of fused-ring (bicyclic) bond motifs is 2. The molecule has 1 aliphatic carbocycles. The van der Waals surface area contributed by atoms with Crippen LogP contribution in [0.25, 0.3) is 0 Å². The molecular weight excluding hydrogens is 1250 g/mol. The van der Waals surface area contributed by atoms with E-state index < -0.39 is 60.0 Å². The second-order valence-corrected chi connectivity index (χ2v) is 23.3. The van der Waals surface area contributed by atoms with Crippen LogP contribution in [0, 0.1) is 11.8 Å². The molecule has 1 unspecified atom stereocenters. The topological polar surface area (TPSA) is 316 Å². The number of imide groups is 1. The van der Waals surface area contributed by atoms with Gasteiger partial charge in [-0.3, -0.25) is 38.5 Å². The van der Waals surface area contributed by atoms with Gasteiger partial charge in [0.05, 0.1) is 143 Å². The molecule has 528 valence electrons. The van der Waals surface area contributed by atoms with Gasteiger partial charge in [0.2, 0.25) is 35.4 Å². The largest absolute Gasteiger partial charge is 0.493 e. The van der Waals surface area contributed by atoms with Gasteiger partial charge in [-0.2, -0.15) is 0 Å². The minimum atomic E-state index is -1.46. The van der Waals surface area contributed by atoms with Crippen molar-refractivity contribution >= 4 is 58.8 Å². The Kier molecular flexibility index (Phi) is 34.3. The highest BCUT2D eigenvalue weighted by Gasteiger charge is 2.45. The van der Waals surface area contributed by atoms with Gasteiger partial charge in [-0.1, -0.05) is 93.9 Å². The van der Waals surface area contributed by atoms with E-state index in [1.807, 2.05) is 49.5 Å². The number of likely N-dealkylation sites (tertiary alicyclic amines) is 1. The first kappa shape index (κ1) is 77.1. The standard InChI is InChI=1S/C69H97N7O20/c1-7-8-14-25-95-59-45-56-55(43-58(59)86-6)67(83)75-46-49(4)42-57(75)68(84)76(56)69(85)96-47-51-17-19-53(20-18-51)72-64(80)50(5)71-65(81)63(48(2)3)73-61(78)22-26-87-28-30-89-32-34-91-36-38-93-40-41-94-39-37-92-35-33-90-31-29-88-27-23-70-60(77)21-24-74-62(79)44-54(66(74)82)52-15-12-10-9-11-13-16-52/h9-13,15-20,43,45-46,48,50,54,57,63,68,84H,7-8,14,21-42,44,47H2,1-6H3,(H,70,77)(H,71,81)(H,72,80)(H,73,78)/b10-9-,11-9?,12-10?,13-11-,15-12-,16-13?,52-15?,52-16+/t50-,54?,57-,63-,68-/m0/s1. The Balaban J connectivity index is 0.718. The number of benzene rings is 2. The molecule has 27 heteroatoms. The number of hydrogen-bond donors (Lipinski definition) is 5. The number of allylic oxidation sites excluding steroid dienone is 7. The second-order valence-electron chi connectivity index (χ2n) is 23.3. The van der Waals surface area contributed by atoms with E-state index in [4.69, 9.17) is 52.1 Å². The van der Waals surface area contributed by atoms with Crippen LogP contribution in [0.1, 0.15) is 95.5 Å². The van der Waals surface area contributed by atoms with Crippen LogP contribution in [-0.4, -0.2) is 219 Å². The highest BCUT2D eigenvalue weighted by Crippen LogP contribution is 2.42. The summed E-state index contributed by atoms with van der Waals surface area (Å²) in [6, 6.07) is 6.90. The molecule has 1 fully saturated rings. The number of carbonyl (C=O) groups is 8. The lowest BCUT2D eigenvalue weighted by molar-refractivity contribution is -0.139. The molecule has 5 N–H and O–H groups in total. The maximum absolute atomic E-state index is 14.0. The van der Waals surface area contributed by atoms with Crippen LogP contribution in [0.4, 0.5) is 16.2 Å². The molecule has 96 heavy (non-hydrogen) atoms. The summed E-state index contributed by atoms with van der Waals surface area (Å²) in [4.78, 5) is 109. The van der Waals surface area contributed by atoms with E-state index in [-0.39, 0.29) is 87.1 Å². The van der Waals surface area contributed by atoms with Gasteiger partial charge in [0.15, 0.2) is 17.7 Å². The van der Waals surface area contributed by atoms with E-state index in [0.29, 0.717) is 128 Å².